The van der Waals surface area contributed by atoms with Crippen LogP contribution in [0.1, 0.15) is 22.6 Å². The molecule has 0 spiro atoms. The average molecular weight is 325 g/mol. The summed E-state index contributed by atoms with van der Waals surface area (Å²) in [5, 5.41) is 8.88. The molecule has 0 saturated carbocycles. The highest BCUT2D eigenvalue weighted by molar-refractivity contribution is 5.89. The van der Waals surface area contributed by atoms with Crippen LogP contribution >= 0.6 is 0 Å². The van der Waals surface area contributed by atoms with Gasteiger partial charge in [-0.05, 0) is 23.8 Å². The fourth-order valence-electron chi connectivity index (χ4n) is 1.70. The fourth-order valence-corrected chi connectivity index (χ4v) is 1.70. The van der Waals surface area contributed by atoms with E-state index in [9.17, 15) is 31.1 Å². The number of ketones is 1. The van der Waals surface area contributed by atoms with Crippen molar-refractivity contribution in [2.45, 2.75) is 18.3 Å². The van der Waals surface area contributed by atoms with E-state index in [1.54, 1.807) is 0 Å². The van der Waals surface area contributed by atoms with Gasteiger partial charge in [0.25, 0.3) is 0 Å². The minimum absolute atomic E-state index is 0.0707. The van der Waals surface area contributed by atoms with Crippen LogP contribution in [-0.2, 0) is 21.9 Å². The Morgan fingerprint density at radius 2 is 1.59 bits per heavy atom. The van der Waals surface area contributed by atoms with Gasteiger partial charge in [-0.2, -0.15) is 31.6 Å². The number of methoxy groups -OCH3 is 1. The lowest BCUT2D eigenvalue weighted by atomic mass is 9.92. The third kappa shape index (κ3) is 4.21. The summed E-state index contributed by atoms with van der Waals surface area (Å²) >= 11 is 0. The molecule has 0 aromatic heterocycles. The molecule has 0 bridgehead atoms. The number of alkyl halides is 6. The van der Waals surface area contributed by atoms with Crippen molar-refractivity contribution in [1.29, 1.82) is 5.26 Å². The van der Waals surface area contributed by atoms with Crippen molar-refractivity contribution in [3.05, 3.63) is 34.9 Å². The highest BCUT2D eigenvalue weighted by Gasteiger charge is 2.38. The van der Waals surface area contributed by atoms with Crippen LogP contribution in [-0.4, -0.2) is 19.5 Å². The Hall–Kier alpha value is -2.08. The Kier molecular flexibility index (Phi) is 5.19. The fraction of sp³-hybridized carbons (Fsp3) is 0.385. The van der Waals surface area contributed by atoms with Gasteiger partial charge < -0.3 is 4.74 Å². The summed E-state index contributed by atoms with van der Waals surface area (Å²) in [6.07, 6.45) is -10.1. The number of halogens is 6. The van der Waals surface area contributed by atoms with Crippen molar-refractivity contribution in [3.8, 4) is 6.07 Å². The smallest absolute Gasteiger partial charge is 0.377 e. The summed E-state index contributed by atoms with van der Waals surface area (Å²) in [5.41, 5.74) is -3.84. The monoisotopic (exact) mass is 325 g/mol. The normalized spacial score (nSPS) is 13.5. The molecule has 0 aliphatic rings. The second-order valence-corrected chi connectivity index (χ2v) is 4.30. The molecule has 1 rings (SSSR count). The van der Waals surface area contributed by atoms with Crippen molar-refractivity contribution in [3.63, 3.8) is 0 Å². The van der Waals surface area contributed by atoms with Crippen molar-refractivity contribution >= 4 is 5.78 Å². The summed E-state index contributed by atoms with van der Waals surface area (Å²) in [5.74, 6) is -2.71. The Labute approximate surface area is 121 Å². The van der Waals surface area contributed by atoms with Crippen molar-refractivity contribution < 1.29 is 35.9 Å². The standard InChI is InChI=1S/C13H9F6NO2/c1-22-6-11(21)10(5-20)7-2-8(12(14,15)16)4-9(3-7)13(17,18)19/h2-4,10H,6H2,1H3. The van der Waals surface area contributed by atoms with E-state index < -0.39 is 47.4 Å². The summed E-state index contributed by atoms with van der Waals surface area (Å²) in [7, 11) is 1.11. The van der Waals surface area contributed by atoms with E-state index in [-0.39, 0.29) is 6.07 Å². The molecule has 0 aliphatic carbocycles. The van der Waals surface area contributed by atoms with E-state index in [0.717, 1.165) is 7.11 Å². The third-order valence-corrected chi connectivity index (χ3v) is 2.68. The quantitative estimate of drug-likeness (QED) is 0.796. The van der Waals surface area contributed by atoms with Gasteiger partial charge in [0, 0.05) is 7.11 Å². The second kappa shape index (κ2) is 6.36. The van der Waals surface area contributed by atoms with Gasteiger partial charge in [0.15, 0.2) is 5.78 Å². The minimum Gasteiger partial charge on any atom is -0.377 e. The number of hydrogen-bond donors (Lipinski definition) is 0. The van der Waals surface area contributed by atoms with E-state index in [1.165, 1.54) is 6.07 Å². The zero-order chi connectivity index (χ0) is 17.1. The molecular weight excluding hydrogens is 316 g/mol. The lowest BCUT2D eigenvalue weighted by molar-refractivity contribution is -0.143. The van der Waals surface area contributed by atoms with Crippen LogP contribution < -0.4 is 0 Å². The molecular formula is C13H9F6NO2. The van der Waals surface area contributed by atoms with E-state index in [2.05, 4.69) is 4.74 Å². The van der Waals surface area contributed by atoms with Crippen molar-refractivity contribution in [2.24, 2.45) is 0 Å². The Morgan fingerprint density at radius 1 is 1.14 bits per heavy atom. The molecule has 0 aliphatic heterocycles. The van der Waals surface area contributed by atoms with Crippen molar-refractivity contribution in [1.82, 2.24) is 0 Å². The summed E-state index contributed by atoms with van der Waals surface area (Å²) in [4.78, 5) is 11.6. The number of benzene rings is 1. The number of hydrogen-bond acceptors (Lipinski definition) is 3. The molecule has 0 N–H and O–H groups in total. The largest absolute Gasteiger partial charge is 0.416 e. The van der Waals surface area contributed by atoms with Crippen LogP contribution in [0, 0.1) is 11.3 Å². The van der Waals surface area contributed by atoms with Crippen LogP contribution in [0.25, 0.3) is 0 Å². The number of rotatable bonds is 4. The maximum absolute atomic E-state index is 12.7. The lowest BCUT2D eigenvalue weighted by Gasteiger charge is -2.16. The molecule has 0 radical (unpaired) electrons. The number of ether oxygens (including phenoxy) is 1. The molecule has 22 heavy (non-hydrogen) atoms. The molecule has 120 valence electrons. The van der Waals surface area contributed by atoms with E-state index in [1.807, 2.05) is 0 Å². The van der Waals surface area contributed by atoms with E-state index in [4.69, 9.17) is 5.26 Å². The first-order valence-electron chi connectivity index (χ1n) is 5.71. The van der Waals surface area contributed by atoms with Crippen LogP contribution in [0.15, 0.2) is 18.2 Å². The predicted molar refractivity (Wildman–Crippen MR) is 61.7 cm³/mol. The molecule has 1 aromatic carbocycles. The average Bonchev–Trinajstić information content (AvgIpc) is 2.37. The third-order valence-electron chi connectivity index (χ3n) is 2.68. The zero-order valence-corrected chi connectivity index (χ0v) is 11.0. The van der Waals surface area contributed by atoms with Crippen LogP contribution in [0.5, 0.6) is 0 Å². The van der Waals surface area contributed by atoms with Crippen LogP contribution in [0.3, 0.4) is 0 Å². The van der Waals surface area contributed by atoms with Gasteiger partial charge >= 0.3 is 12.4 Å². The topological polar surface area (TPSA) is 50.1 Å². The highest BCUT2D eigenvalue weighted by atomic mass is 19.4. The molecule has 0 heterocycles. The summed E-state index contributed by atoms with van der Waals surface area (Å²) < 4.78 is 80.6. The van der Waals surface area contributed by atoms with Gasteiger partial charge in [0.05, 0.1) is 17.2 Å². The second-order valence-electron chi connectivity index (χ2n) is 4.30. The number of Topliss-reactive ketones (excluding diaryl/α,β-unsaturated/α-hetero) is 1. The van der Waals surface area contributed by atoms with Gasteiger partial charge in [-0.25, -0.2) is 0 Å². The van der Waals surface area contributed by atoms with Crippen LogP contribution in [0.4, 0.5) is 26.3 Å². The van der Waals surface area contributed by atoms with Gasteiger partial charge in [0.1, 0.15) is 12.5 Å². The summed E-state index contributed by atoms with van der Waals surface area (Å²) in [6, 6.07) is 2.04. The van der Waals surface area contributed by atoms with Gasteiger partial charge in [-0.1, -0.05) is 0 Å². The first kappa shape index (κ1) is 18.0. The maximum Gasteiger partial charge on any atom is 0.416 e. The maximum atomic E-state index is 12.7. The molecule has 3 nitrogen and oxygen atoms in total. The zero-order valence-electron chi connectivity index (χ0n) is 11.0. The van der Waals surface area contributed by atoms with Gasteiger partial charge in [-0.3, -0.25) is 4.79 Å². The molecule has 1 aromatic rings. The molecule has 9 heteroatoms. The molecule has 0 fully saturated rings. The number of nitrogens with zero attached hydrogens (tertiary/aromatic N) is 1. The molecule has 1 atom stereocenters. The minimum atomic E-state index is -5.04. The Balaban J connectivity index is 3.47. The predicted octanol–water partition coefficient (Wildman–Crippen LogP) is 3.55. The number of carbonyl (C=O) groups is 1. The van der Waals surface area contributed by atoms with Gasteiger partial charge in [0.2, 0.25) is 0 Å². The lowest BCUT2D eigenvalue weighted by Crippen LogP contribution is -2.19. The van der Waals surface area contributed by atoms with Crippen LogP contribution in [0.2, 0.25) is 0 Å². The SMILES string of the molecule is COCC(=O)C(C#N)c1cc(C(F)(F)F)cc(C(F)(F)F)c1. The first-order valence-corrected chi connectivity index (χ1v) is 5.71. The molecule has 0 saturated heterocycles. The van der Waals surface area contributed by atoms with E-state index >= 15 is 0 Å². The number of nitriles is 1. The number of carbonyl (C=O) groups excluding carboxylic acids is 1. The molecule has 0 amide bonds. The Morgan fingerprint density at radius 3 is 1.91 bits per heavy atom. The van der Waals surface area contributed by atoms with Crippen molar-refractivity contribution in [2.75, 3.05) is 13.7 Å². The van der Waals surface area contributed by atoms with Gasteiger partial charge in [-0.15, -0.1) is 0 Å². The highest BCUT2D eigenvalue weighted by Crippen LogP contribution is 2.37. The Bertz CT molecular complexity index is 568. The molecule has 1 unspecified atom stereocenters. The first-order chi connectivity index (χ1) is 10.0. The summed E-state index contributed by atoms with van der Waals surface area (Å²) in [6.45, 7) is -0.601. The van der Waals surface area contributed by atoms with E-state index in [0.29, 0.717) is 12.1 Å².